The van der Waals surface area contributed by atoms with Gasteiger partial charge in [-0.2, -0.15) is 0 Å². The predicted octanol–water partition coefficient (Wildman–Crippen LogP) is 5.46. The number of rotatable bonds is 9. The van der Waals surface area contributed by atoms with Gasteiger partial charge in [-0.15, -0.1) is 0 Å². The summed E-state index contributed by atoms with van der Waals surface area (Å²) in [6, 6.07) is 1.05. The van der Waals surface area contributed by atoms with Crippen molar-refractivity contribution in [1.82, 2.24) is 0 Å². The summed E-state index contributed by atoms with van der Waals surface area (Å²) >= 11 is 0. The molecule has 0 saturated heterocycles. The van der Waals surface area contributed by atoms with Crippen LogP contribution in [0.2, 0.25) is 12.6 Å². The molecule has 2 atom stereocenters. The topological polar surface area (TPSA) is 18.5 Å². The third-order valence-electron chi connectivity index (χ3n) is 4.20. The Morgan fingerprint density at radius 2 is 1.64 bits per heavy atom. The van der Waals surface area contributed by atoms with Crippen molar-refractivity contribution in [2.75, 3.05) is 19.1 Å². The molecule has 0 amide bonds. The number of hydrogen-bond acceptors (Lipinski definition) is 2. The summed E-state index contributed by atoms with van der Waals surface area (Å²) in [5.74, 6) is 0.593. The van der Waals surface area contributed by atoms with Gasteiger partial charge in [-0.1, -0.05) is 48.5 Å². The first kappa shape index (κ1) is 22.7. The van der Waals surface area contributed by atoms with Gasteiger partial charge in [0.1, 0.15) is 0 Å². The van der Waals surface area contributed by atoms with E-state index in [-0.39, 0.29) is 10.3 Å². The first-order valence-corrected chi connectivity index (χ1v) is 14.8. The van der Waals surface area contributed by atoms with Crippen LogP contribution < -0.4 is 0 Å². The van der Waals surface area contributed by atoms with Crippen molar-refractivity contribution in [1.29, 1.82) is 0 Å². The van der Waals surface area contributed by atoms with Gasteiger partial charge in [0.25, 0.3) is 0 Å². The molecule has 0 rings (SSSR count). The minimum atomic E-state index is -2.22. The highest BCUT2D eigenvalue weighted by Gasteiger charge is 2.53. The van der Waals surface area contributed by atoms with E-state index in [1.807, 2.05) is 0 Å². The standard InChI is InChI=1S/C17H39O2SSi2/c1-11-13-18-22(10,14-15(3)4)19-17(12-2,16(5,6)7)20(8,9)21/h15H,11-14H2,1-10H3. The third kappa shape index (κ3) is 5.65. The Hall–Kier alpha value is 0.704. The van der Waals surface area contributed by atoms with E-state index < -0.39 is 18.0 Å². The van der Waals surface area contributed by atoms with Gasteiger partial charge in [0.05, 0.1) is 14.3 Å². The second kappa shape index (κ2) is 8.19. The molecule has 2 nitrogen and oxygen atoms in total. The Kier molecular flexibility index (Phi) is 8.45. The second-order valence-electron chi connectivity index (χ2n) is 8.37. The Morgan fingerprint density at radius 3 is 1.91 bits per heavy atom. The van der Waals surface area contributed by atoms with Crippen LogP contribution in [0.5, 0.6) is 0 Å². The molecule has 0 spiro atoms. The van der Waals surface area contributed by atoms with E-state index in [0.29, 0.717) is 5.92 Å². The Morgan fingerprint density at radius 1 is 1.14 bits per heavy atom. The fourth-order valence-corrected chi connectivity index (χ4v) is 12.4. The zero-order valence-electron chi connectivity index (χ0n) is 16.6. The van der Waals surface area contributed by atoms with Crippen molar-refractivity contribution >= 4 is 27.4 Å². The lowest BCUT2D eigenvalue weighted by Gasteiger charge is -2.58. The molecule has 0 N–H and O–H groups in total. The summed E-state index contributed by atoms with van der Waals surface area (Å²) in [5, 5.41) is 0. The van der Waals surface area contributed by atoms with Gasteiger partial charge in [-0.25, -0.2) is 9.48 Å². The van der Waals surface area contributed by atoms with Crippen molar-refractivity contribution in [2.24, 2.45) is 11.3 Å². The van der Waals surface area contributed by atoms with Crippen molar-refractivity contribution in [3.8, 4) is 0 Å². The maximum absolute atomic E-state index is 7.02. The molecule has 0 bridgehead atoms. The Bertz CT molecular complexity index is 321. The highest BCUT2D eigenvalue weighted by atomic mass is 32.4. The van der Waals surface area contributed by atoms with Gasteiger partial charge >= 0.3 is 8.56 Å². The molecule has 0 aliphatic rings. The molecule has 0 aliphatic carbocycles. The van der Waals surface area contributed by atoms with Crippen molar-refractivity contribution in [2.45, 2.75) is 78.8 Å². The molecule has 0 heterocycles. The van der Waals surface area contributed by atoms with Gasteiger partial charge in [0.2, 0.25) is 0 Å². The van der Waals surface area contributed by atoms with Gasteiger partial charge in [0, 0.05) is 6.61 Å². The largest absolute Gasteiger partial charge is 0.394 e. The van der Waals surface area contributed by atoms with Crippen LogP contribution in [0.15, 0.2) is 0 Å². The average molecular weight is 364 g/mol. The predicted molar refractivity (Wildman–Crippen MR) is 106 cm³/mol. The van der Waals surface area contributed by atoms with Gasteiger partial charge in [-0.3, -0.25) is 0 Å². The highest BCUT2D eigenvalue weighted by Crippen LogP contribution is 2.61. The summed E-state index contributed by atoms with van der Waals surface area (Å²) < 4.78 is 13.4. The van der Waals surface area contributed by atoms with Crippen LogP contribution in [0.1, 0.15) is 61.3 Å². The summed E-state index contributed by atoms with van der Waals surface area (Å²) in [6.45, 7) is 18.9. The lowest BCUT2D eigenvalue weighted by Crippen LogP contribution is -2.57. The molecule has 0 aromatic rings. The van der Waals surface area contributed by atoms with E-state index in [1.54, 1.807) is 0 Å². The van der Waals surface area contributed by atoms with E-state index in [0.717, 1.165) is 25.5 Å². The Labute approximate surface area is 145 Å². The number of hydrogen-bond donors (Lipinski definition) is 0. The Balaban J connectivity index is 5.74. The highest BCUT2D eigenvalue weighted by molar-refractivity contribution is 8.50. The smallest absolute Gasteiger partial charge is 0.336 e. The molecule has 0 saturated carbocycles. The van der Waals surface area contributed by atoms with E-state index in [9.17, 15) is 0 Å². The molecule has 0 aromatic heterocycles. The van der Waals surface area contributed by atoms with E-state index in [4.69, 9.17) is 8.85 Å². The van der Waals surface area contributed by atoms with E-state index in [2.05, 4.69) is 76.9 Å². The zero-order valence-corrected chi connectivity index (χ0v) is 19.4. The molecule has 0 aliphatic heterocycles. The molecule has 0 aromatic carbocycles. The molecule has 3 radical (unpaired) electrons. The summed E-state index contributed by atoms with van der Waals surface area (Å²) in [7, 11) is 0.760. The van der Waals surface area contributed by atoms with Gasteiger partial charge < -0.3 is 8.85 Å². The maximum atomic E-state index is 7.02. The fraction of sp³-hybridized carbons (Fsp3) is 1.00. The summed E-state index contributed by atoms with van der Waals surface area (Å²) in [6.07, 6.45) is 6.66. The van der Waals surface area contributed by atoms with Crippen LogP contribution in [-0.4, -0.2) is 42.0 Å². The maximum Gasteiger partial charge on any atom is 0.336 e. The first-order chi connectivity index (χ1) is 9.74. The molecule has 22 heavy (non-hydrogen) atoms. The average Bonchev–Trinajstić information content (AvgIpc) is 2.29. The minimum absolute atomic E-state index is 0.0587. The van der Waals surface area contributed by atoms with Crippen LogP contribution in [0.3, 0.4) is 0 Å². The van der Waals surface area contributed by atoms with Crippen molar-refractivity contribution < 1.29 is 8.85 Å². The third-order valence-corrected chi connectivity index (χ3v) is 11.1. The monoisotopic (exact) mass is 363 g/mol. The van der Waals surface area contributed by atoms with Gasteiger partial charge in [0.15, 0.2) is 0 Å². The van der Waals surface area contributed by atoms with Crippen LogP contribution in [0.25, 0.3) is 0 Å². The SMILES string of the molecule is CCCO[Si](C)(CC(C)C)OC(CC)(C(C)(C)C)S(C)(C)[Si]. The van der Waals surface area contributed by atoms with E-state index in [1.165, 1.54) is 0 Å². The van der Waals surface area contributed by atoms with Gasteiger partial charge in [-0.05, 0) is 49.3 Å². The molecular formula is C17H39O2SSi2. The van der Waals surface area contributed by atoms with Crippen LogP contribution in [0, 0.1) is 11.3 Å². The molecular weight excluding hydrogens is 324 g/mol. The summed E-state index contributed by atoms with van der Waals surface area (Å²) in [5.41, 5.74) is 0.0587. The molecule has 0 fully saturated rings. The molecule has 5 heteroatoms. The fourth-order valence-electron chi connectivity index (χ4n) is 3.52. The summed E-state index contributed by atoms with van der Waals surface area (Å²) in [4.78, 5) is -0.180. The van der Waals surface area contributed by atoms with E-state index >= 15 is 0 Å². The van der Waals surface area contributed by atoms with Crippen LogP contribution in [-0.2, 0) is 8.85 Å². The first-order valence-electron chi connectivity index (χ1n) is 8.56. The zero-order chi connectivity index (χ0) is 17.8. The minimum Gasteiger partial charge on any atom is -0.394 e. The second-order valence-corrected chi connectivity index (χ2v) is 17.9. The quantitative estimate of drug-likeness (QED) is 0.507. The lowest BCUT2D eigenvalue weighted by molar-refractivity contribution is 0.00670. The lowest BCUT2D eigenvalue weighted by atomic mass is 9.87. The van der Waals surface area contributed by atoms with Crippen molar-refractivity contribution in [3.63, 3.8) is 0 Å². The molecule has 133 valence electrons. The normalized spacial score (nSPS) is 19.8. The van der Waals surface area contributed by atoms with Crippen LogP contribution >= 0.6 is 9.48 Å². The van der Waals surface area contributed by atoms with Crippen molar-refractivity contribution in [3.05, 3.63) is 0 Å². The van der Waals surface area contributed by atoms with Crippen LogP contribution in [0.4, 0.5) is 0 Å². The molecule has 2 unspecified atom stereocenters.